The summed E-state index contributed by atoms with van der Waals surface area (Å²) >= 11 is 0. The highest BCUT2D eigenvalue weighted by Crippen LogP contribution is 2.37. The average Bonchev–Trinajstić information content (AvgIpc) is 2.27. The second-order valence-electron chi connectivity index (χ2n) is 4.60. The molecule has 0 spiro atoms. The van der Waals surface area contributed by atoms with Gasteiger partial charge in [0.05, 0.1) is 0 Å². The van der Waals surface area contributed by atoms with Crippen molar-refractivity contribution in [2.45, 2.75) is 43.7 Å². The van der Waals surface area contributed by atoms with E-state index in [4.69, 9.17) is 0 Å². The predicted octanol–water partition coefficient (Wildman–Crippen LogP) is 1.46. The molecule has 2 N–H and O–H groups in total. The van der Waals surface area contributed by atoms with Gasteiger partial charge in [0.2, 0.25) is 0 Å². The van der Waals surface area contributed by atoms with E-state index in [1.165, 1.54) is 19.3 Å². The molecule has 0 aromatic heterocycles. The first-order valence-corrected chi connectivity index (χ1v) is 5.85. The Kier molecular flexibility index (Phi) is 3.14. The van der Waals surface area contributed by atoms with Crippen LogP contribution in [0.1, 0.15) is 32.1 Å². The SMILES string of the molecule is C=CC#CC1(O)CCNC2CCCCC21. The molecule has 82 valence electrons. The van der Waals surface area contributed by atoms with Gasteiger partial charge < -0.3 is 10.4 Å². The average molecular weight is 205 g/mol. The summed E-state index contributed by atoms with van der Waals surface area (Å²) in [5.74, 6) is 6.13. The molecule has 0 radical (unpaired) electrons. The summed E-state index contributed by atoms with van der Waals surface area (Å²) in [7, 11) is 0. The maximum Gasteiger partial charge on any atom is 0.131 e. The fourth-order valence-electron chi connectivity index (χ4n) is 2.91. The minimum Gasteiger partial charge on any atom is -0.377 e. The highest BCUT2D eigenvalue weighted by molar-refractivity contribution is 5.24. The van der Waals surface area contributed by atoms with Crippen molar-refractivity contribution < 1.29 is 5.11 Å². The first-order chi connectivity index (χ1) is 7.26. The van der Waals surface area contributed by atoms with Crippen LogP contribution in [0.5, 0.6) is 0 Å². The fourth-order valence-corrected chi connectivity index (χ4v) is 2.91. The van der Waals surface area contributed by atoms with Crippen molar-refractivity contribution in [1.29, 1.82) is 0 Å². The van der Waals surface area contributed by atoms with Crippen molar-refractivity contribution in [2.75, 3.05) is 6.54 Å². The maximum absolute atomic E-state index is 10.5. The highest BCUT2D eigenvalue weighted by Gasteiger charge is 2.43. The molecule has 3 atom stereocenters. The van der Waals surface area contributed by atoms with E-state index in [0.29, 0.717) is 12.0 Å². The molecule has 2 nitrogen and oxygen atoms in total. The van der Waals surface area contributed by atoms with Crippen molar-refractivity contribution >= 4 is 0 Å². The van der Waals surface area contributed by atoms with Crippen LogP contribution >= 0.6 is 0 Å². The van der Waals surface area contributed by atoms with Crippen LogP contribution in [0.15, 0.2) is 12.7 Å². The molecule has 2 heteroatoms. The summed E-state index contributed by atoms with van der Waals surface area (Å²) in [5.41, 5.74) is -0.773. The number of rotatable bonds is 0. The van der Waals surface area contributed by atoms with Crippen LogP contribution in [0.25, 0.3) is 0 Å². The highest BCUT2D eigenvalue weighted by atomic mass is 16.3. The first kappa shape index (κ1) is 10.7. The van der Waals surface area contributed by atoms with Gasteiger partial charge in [-0.3, -0.25) is 0 Å². The van der Waals surface area contributed by atoms with Crippen molar-refractivity contribution in [3.05, 3.63) is 12.7 Å². The normalized spacial score (nSPS) is 39.8. The second kappa shape index (κ2) is 4.38. The number of fused-ring (bicyclic) bond motifs is 1. The number of piperidine rings is 1. The number of hydrogen-bond donors (Lipinski definition) is 2. The van der Waals surface area contributed by atoms with Crippen molar-refractivity contribution in [2.24, 2.45) is 5.92 Å². The van der Waals surface area contributed by atoms with Gasteiger partial charge in [0.15, 0.2) is 0 Å². The van der Waals surface area contributed by atoms with E-state index < -0.39 is 5.60 Å². The van der Waals surface area contributed by atoms with Gasteiger partial charge in [0.25, 0.3) is 0 Å². The molecule has 15 heavy (non-hydrogen) atoms. The second-order valence-corrected chi connectivity index (χ2v) is 4.60. The Labute approximate surface area is 91.8 Å². The van der Waals surface area contributed by atoms with Gasteiger partial charge >= 0.3 is 0 Å². The van der Waals surface area contributed by atoms with E-state index in [0.717, 1.165) is 19.4 Å². The topological polar surface area (TPSA) is 32.3 Å². The van der Waals surface area contributed by atoms with Crippen molar-refractivity contribution in [3.8, 4) is 11.8 Å². The Hall–Kier alpha value is -0.780. The molecular formula is C13H19NO. The zero-order valence-corrected chi connectivity index (χ0v) is 9.13. The molecule has 0 aromatic rings. The lowest BCUT2D eigenvalue weighted by molar-refractivity contribution is -0.0252. The minimum absolute atomic E-state index is 0.312. The number of hydrogen-bond acceptors (Lipinski definition) is 2. The summed E-state index contributed by atoms with van der Waals surface area (Å²) < 4.78 is 0. The first-order valence-electron chi connectivity index (χ1n) is 5.85. The molecule has 1 saturated heterocycles. The van der Waals surface area contributed by atoms with Gasteiger partial charge in [-0.1, -0.05) is 31.3 Å². The standard InChI is InChI=1S/C13H19NO/c1-2-3-8-13(15)9-10-14-12-7-5-4-6-11(12)13/h2,11-12,14-15H,1,4-7,9-10H2. The van der Waals surface area contributed by atoms with E-state index in [1.54, 1.807) is 6.08 Å². The Morgan fingerprint density at radius 3 is 3.00 bits per heavy atom. The zero-order valence-electron chi connectivity index (χ0n) is 9.13. The van der Waals surface area contributed by atoms with Crippen molar-refractivity contribution in [3.63, 3.8) is 0 Å². The molecule has 1 aliphatic heterocycles. The number of aliphatic hydroxyl groups is 1. The molecule has 0 bridgehead atoms. The molecule has 1 aliphatic carbocycles. The molecule has 3 unspecified atom stereocenters. The third kappa shape index (κ3) is 2.09. The Balaban J connectivity index is 2.18. The van der Waals surface area contributed by atoms with Crippen LogP contribution in [0.4, 0.5) is 0 Å². The van der Waals surface area contributed by atoms with Crippen LogP contribution in [0, 0.1) is 17.8 Å². The lowest BCUT2D eigenvalue weighted by atomic mass is 9.70. The summed E-state index contributed by atoms with van der Waals surface area (Å²) in [4.78, 5) is 0. The van der Waals surface area contributed by atoms with Crippen LogP contribution < -0.4 is 5.32 Å². The molecule has 2 fully saturated rings. The minimum atomic E-state index is -0.773. The zero-order chi connectivity index (χ0) is 10.7. The molecule has 2 rings (SSSR count). The fraction of sp³-hybridized carbons (Fsp3) is 0.692. The molecule has 1 saturated carbocycles. The third-order valence-corrected chi connectivity index (χ3v) is 3.68. The van der Waals surface area contributed by atoms with E-state index in [1.807, 2.05) is 0 Å². The Bertz CT molecular complexity index is 299. The van der Waals surface area contributed by atoms with Gasteiger partial charge in [-0.05, 0) is 25.5 Å². The summed E-state index contributed by atoms with van der Waals surface area (Å²) in [6.45, 7) is 4.46. The number of nitrogens with one attached hydrogen (secondary N) is 1. The van der Waals surface area contributed by atoms with E-state index in [9.17, 15) is 5.11 Å². The molecule has 1 heterocycles. The quantitative estimate of drug-likeness (QED) is 0.587. The summed E-state index contributed by atoms with van der Waals surface area (Å²) in [6, 6.07) is 0.469. The van der Waals surface area contributed by atoms with Gasteiger partial charge in [-0.2, -0.15) is 0 Å². The smallest absolute Gasteiger partial charge is 0.131 e. The Morgan fingerprint density at radius 1 is 1.40 bits per heavy atom. The van der Waals surface area contributed by atoms with Gasteiger partial charge in [0.1, 0.15) is 5.60 Å². The number of allylic oxidation sites excluding steroid dienone is 1. The molecule has 0 amide bonds. The van der Waals surface area contributed by atoms with E-state index in [-0.39, 0.29) is 0 Å². The monoisotopic (exact) mass is 205 g/mol. The summed E-state index contributed by atoms with van der Waals surface area (Å²) in [5, 5.41) is 14.0. The van der Waals surface area contributed by atoms with Gasteiger partial charge in [0, 0.05) is 18.4 Å². The van der Waals surface area contributed by atoms with Gasteiger partial charge in [-0.15, -0.1) is 0 Å². The largest absolute Gasteiger partial charge is 0.377 e. The molecule has 2 aliphatic rings. The summed E-state index contributed by atoms with van der Waals surface area (Å²) in [6.07, 6.45) is 7.09. The van der Waals surface area contributed by atoms with Crippen LogP contribution in [-0.4, -0.2) is 23.3 Å². The lowest BCUT2D eigenvalue weighted by Crippen LogP contribution is -2.56. The van der Waals surface area contributed by atoms with E-state index in [2.05, 4.69) is 23.7 Å². The van der Waals surface area contributed by atoms with Crippen LogP contribution in [0.3, 0.4) is 0 Å². The van der Waals surface area contributed by atoms with Crippen LogP contribution in [-0.2, 0) is 0 Å². The Morgan fingerprint density at radius 2 is 2.20 bits per heavy atom. The van der Waals surface area contributed by atoms with Gasteiger partial charge in [-0.25, -0.2) is 0 Å². The molecular weight excluding hydrogens is 186 g/mol. The predicted molar refractivity (Wildman–Crippen MR) is 61.3 cm³/mol. The third-order valence-electron chi connectivity index (χ3n) is 3.68. The van der Waals surface area contributed by atoms with Crippen molar-refractivity contribution in [1.82, 2.24) is 5.32 Å². The molecule has 0 aromatic carbocycles. The lowest BCUT2D eigenvalue weighted by Gasteiger charge is -2.45. The van der Waals surface area contributed by atoms with Crippen LogP contribution in [0.2, 0.25) is 0 Å². The maximum atomic E-state index is 10.5. The van der Waals surface area contributed by atoms with E-state index >= 15 is 0 Å².